The Bertz CT molecular complexity index is 823. The molecule has 3 rings (SSSR count). The third-order valence-electron chi connectivity index (χ3n) is 3.13. The fraction of sp³-hybridized carbons (Fsp3) is 0. The average Bonchev–Trinajstić information content (AvgIpc) is 2.95. The van der Waals surface area contributed by atoms with E-state index in [0.717, 1.165) is 15.9 Å². The van der Waals surface area contributed by atoms with Crippen LogP contribution in [0.25, 0.3) is 5.69 Å². The first kappa shape index (κ1) is 15.3. The van der Waals surface area contributed by atoms with Gasteiger partial charge in [0.15, 0.2) is 0 Å². The van der Waals surface area contributed by atoms with E-state index in [0.29, 0.717) is 15.7 Å². The summed E-state index contributed by atoms with van der Waals surface area (Å²) in [7, 11) is 0. The summed E-state index contributed by atoms with van der Waals surface area (Å²) in [4.78, 5) is 4.45. The summed E-state index contributed by atoms with van der Waals surface area (Å²) >= 11 is 15.5. The van der Waals surface area contributed by atoms with Crippen molar-refractivity contribution in [3.8, 4) is 5.69 Å². The Hall–Kier alpha value is -1.55. The summed E-state index contributed by atoms with van der Waals surface area (Å²) < 4.78 is 3.10. The van der Waals surface area contributed by atoms with Gasteiger partial charge in [0.25, 0.3) is 0 Å². The minimum atomic E-state index is 0.533. The lowest BCUT2D eigenvalue weighted by molar-refractivity contribution is 1.07. The zero-order chi connectivity index (χ0) is 15.5. The van der Waals surface area contributed by atoms with Crippen LogP contribution in [0.1, 0.15) is 5.69 Å². The molecule has 0 radical (unpaired) electrons. The van der Waals surface area contributed by atoms with Crippen LogP contribution in [-0.4, -0.2) is 10.8 Å². The highest BCUT2D eigenvalue weighted by Gasteiger charge is 2.02. The van der Waals surface area contributed by atoms with E-state index < -0.39 is 0 Å². The quantitative estimate of drug-likeness (QED) is 0.464. The largest absolute Gasteiger partial charge is 0.316 e. The molecule has 0 fully saturated rings. The molecule has 0 N–H and O–H groups in total. The molecular weight excluding hydrogens is 383 g/mol. The number of rotatable bonds is 3. The molecule has 2 nitrogen and oxygen atoms in total. The lowest BCUT2D eigenvalue weighted by atomic mass is 10.3. The molecule has 1 heterocycles. The molecule has 0 atom stereocenters. The van der Waals surface area contributed by atoms with Gasteiger partial charge in [-0.3, -0.25) is 4.99 Å². The molecule has 5 heteroatoms. The van der Waals surface area contributed by atoms with Gasteiger partial charge in [0, 0.05) is 21.4 Å². The van der Waals surface area contributed by atoms with E-state index in [4.69, 9.17) is 23.2 Å². The van der Waals surface area contributed by atoms with Crippen LogP contribution in [0, 0.1) is 0 Å². The van der Waals surface area contributed by atoms with Crippen molar-refractivity contribution >= 4 is 51.0 Å². The minimum Gasteiger partial charge on any atom is -0.316 e. The van der Waals surface area contributed by atoms with Gasteiger partial charge < -0.3 is 4.57 Å². The Balaban J connectivity index is 1.92. The van der Waals surface area contributed by atoms with Gasteiger partial charge in [-0.1, -0.05) is 39.1 Å². The van der Waals surface area contributed by atoms with E-state index in [-0.39, 0.29) is 0 Å². The van der Waals surface area contributed by atoms with Crippen LogP contribution >= 0.6 is 39.1 Å². The van der Waals surface area contributed by atoms with Gasteiger partial charge in [-0.2, -0.15) is 0 Å². The van der Waals surface area contributed by atoms with Crippen molar-refractivity contribution in [1.82, 2.24) is 4.57 Å². The lowest BCUT2D eigenvalue weighted by Crippen LogP contribution is -1.97. The molecular formula is C17H11BrCl2N2. The molecule has 2 aromatic carbocycles. The maximum absolute atomic E-state index is 6.13. The Kier molecular flexibility index (Phi) is 4.67. The van der Waals surface area contributed by atoms with E-state index in [1.165, 1.54) is 0 Å². The molecule has 110 valence electrons. The highest BCUT2D eigenvalue weighted by Crippen LogP contribution is 2.27. The van der Waals surface area contributed by atoms with Crippen LogP contribution < -0.4 is 0 Å². The predicted octanol–water partition coefficient (Wildman–Crippen LogP) is 6.30. The Morgan fingerprint density at radius 2 is 1.77 bits per heavy atom. The second kappa shape index (κ2) is 6.69. The average molecular weight is 394 g/mol. The van der Waals surface area contributed by atoms with E-state index >= 15 is 0 Å². The predicted molar refractivity (Wildman–Crippen MR) is 97.2 cm³/mol. The summed E-state index contributed by atoms with van der Waals surface area (Å²) in [6, 6.07) is 17.3. The molecule has 0 saturated heterocycles. The SMILES string of the molecule is Clc1ccc(N=Cc2cccn2-c2ccc(Br)cc2)c(Cl)c1. The first-order valence-electron chi connectivity index (χ1n) is 6.56. The molecule has 0 amide bonds. The summed E-state index contributed by atoms with van der Waals surface area (Å²) in [6.45, 7) is 0. The number of nitrogens with zero attached hydrogens (tertiary/aromatic N) is 2. The van der Waals surface area contributed by atoms with Crippen LogP contribution in [-0.2, 0) is 0 Å². The highest BCUT2D eigenvalue weighted by molar-refractivity contribution is 9.10. The molecule has 0 aliphatic heterocycles. The summed E-state index contributed by atoms with van der Waals surface area (Å²) in [5.74, 6) is 0. The van der Waals surface area contributed by atoms with Crippen molar-refractivity contribution in [1.29, 1.82) is 0 Å². The molecule has 1 aromatic heterocycles. The van der Waals surface area contributed by atoms with Crippen molar-refractivity contribution in [2.24, 2.45) is 4.99 Å². The second-order valence-corrected chi connectivity index (χ2v) is 6.39. The zero-order valence-corrected chi connectivity index (χ0v) is 14.5. The number of benzene rings is 2. The molecule has 0 aliphatic carbocycles. The normalized spacial score (nSPS) is 11.2. The van der Waals surface area contributed by atoms with Crippen LogP contribution in [0.5, 0.6) is 0 Å². The monoisotopic (exact) mass is 392 g/mol. The lowest BCUT2D eigenvalue weighted by Gasteiger charge is -2.06. The fourth-order valence-electron chi connectivity index (χ4n) is 2.06. The van der Waals surface area contributed by atoms with Gasteiger partial charge in [0.1, 0.15) is 0 Å². The molecule has 0 aliphatic rings. The third-order valence-corrected chi connectivity index (χ3v) is 4.20. The number of aromatic nitrogens is 1. The maximum atomic E-state index is 6.13. The van der Waals surface area contributed by atoms with E-state index in [1.54, 1.807) is 24.4 Å². The maximum Gasteiger partial charge on any atom is 0.0817 e. The first-order valence-corrected chi connectivity index (χ1v) is 8.11. The summed E-state index contributed by atoms with van der Waals surface area (Å²) in [6.07, 6.45) is 3.78. The second-order valence-electron chi connectivity index (χ2n) is 4.63. The molecule has 3 aromatic rings. The summed E-state index contributed by atoms with van der Waals surface area (Å²) in [5.41, 5.74) is 2.72. The van der Waals surface area contributed by atoms with E-state index in [9.17, 15) is 0 Å². The van der Waals surface area contributed by atoms with Crippen molar-refractivity contribution in [2.45, 2.75) is 0 Å². The van der Waals surface area contributed by atoms with E-state index in [2.05, 4.69) is 25.5 Å². The van der Waals surface area contributed by atoms with Gasteiger partial charge in [0.05, 0.1) is 22.6 Å². The van der Waals surface area contributed by atoms with Crippen molar-refractivity contribution < 1.29 is 0 Å². The topological polar surface area (TPSA) is 17.3 Å². The van der Waals surface area contributed by atoms with E-state index in [1.807, 2.05) is 42.6 Å². The molecule has 22 heavy (non-hydrogen) atoms. The Labute approximate surface area is 147 Å². The molecule has 0 saturated carbocycles. The highest BCUT2D eigenvalue weighted by atomic mass is 79.9. The van der Waals surface area contributed by atoms with Crippen molar-refractivity contribution in [2.75, 3.05) is 0 Å². The first-order chi connectivity index (χ1) is 10.6. The minimum absolute atomic E-state index is 0.533. The van der Waals surface area contributed by atoms with Crippen LogP contribution in [0.2, 0.25) is 10.0 Å². The van der Waals surface area contributed by atoms with Crippen LogP contribution in [0.4, 0.5) is 5.69 Å². The zero-order valence-electron chi connectivity index (χ0n) is 11.4. The van der Waals surface area contributed by atoms with Crippen molar-refractivity contribution in [3.05, 3.63) is 81.0 Å². The summed E-state index contributed by atoms with van der Waals surface area (Å²) in [5, 5.41) is 1.13. The smallest absolute Gasteiger partial charge is 0.0817 e. The van der Waals surface area contributed by atoms with Gasteiger partial charge in [0.2, 0.25) is 0 Å². The third kappa shape index (κ3) is 3.43. The van der Waals surface area contributed by atoms with Crippen molar-refractivity contribution in [3.63, 3.8) is 0 Å². The van der Waals surface area contributed by atoms with Gasteiger partial charge in [-0.25, -0.2) is 0 Å². The molecule has 0 spiro atoms. The number of aliphatic imine (C=N–C) groups is 1. The number of hydrogen-bond acceptors (Lipinski definition) is 1. The van der Waals surface area contributed by atoms with Crippen LogP contribution in [0.15, 0.2) is 70.3 Å². The number of halogens is 3. The standard InChI is InChI=1S/C17H11BrCl2N2/c18-12-3-6-14(7-4-12)22-9-1-2-15(22)11-21-17-8-5-13(19)10-16(17)20/h1-11H. The fourth-order valence-corrected chi connectivity index (χ4v) is 2.78. The molecule has 0 unspecified atom stereocenters. The number of hydrogen-bond donors (Lipinski definition) is 0. The van der Waals surface area contributed by atoms with Gasteiger partial charge in [-0.15, -0.1) is 0 Å². The Morgan fingerprint density at radius 1 is 1.00 bits per heavy atom. The van der Waals surface area contributed by atoms with Gasteiger partial charge in [-0.05, 0) is 54.6 Å². The Morgan fingerprint density at radius 3 is 2.50 bits per heavy atom. The van der Waals surface area contributed by atoms with Gasteiger partial charge >= 0.3 is 0 Å². The van der Waals surface area contributed by atoms with Crippen LogP contribution in [0.3, 0.4) is 0 Å². The molecule has 0 bridgehead atoms.